The fourth-order valence-electron chi connectivity index (χ4n) is 3.64. The molecule has 2 aromatic carbocycles. The third-order valence-electron chi connectivity index (χ3n) is 5.21. The Hall–Kier alpha value is -1.99. The molecule has 0 aliphatic carbocycles. The van der Waals surface area contributed by atoms with Crippen LogP contribution in [0.25, 0.3) is 0 Å². The molecular weight excluding hydrogens is 461 g/mol. The van der Waals surface area contributed by atoms with Crippen molar-refractivity contribution in [1.82, 2.24) is 0 Å². The number of hydrogen-bond acceptors (Lipinski definition) is 4. The Kier molecular flexibility index (Phi) is 11.0. The van der Waals surface area contributed by atoms with Crippen molar-refractivity contribution in [2.45, 2.75) is 88.5 Å². The molecule has 1 atom stereocenters. The number of halogens is 3. The third-order valence-corrected chi connectivity index (χ3v) is 6.29. The number of rotatable bonds is 12. The molecule has 0 aliphatic rings. The second kappa shape index (κ2) is 13.2. The first-order chi connectivity index (χ1) is 16.0. The van der Waals surface area contributed by atoms with Crippen molar-refractivity contribution in [2.75, 3.05) is 5.75 Å². The number of aliphatic hydroxyl groups is 1. The molecule has 3 nitrogen and oxygen atoms in total. The van der Waals surface area contributed by atoms with Gasteiger partial charge in [0.05, 0.1) is 18.1 Å². The first-order valence-electron chi connectivity index (χ1n) is 11.7. The lowest BCUT2D eigenvalue weighted by Gasteiger charge is -2.21. The van der Waals surface area contributed by atoms with Gasteiger partial charge in [-0.1, -0.05) is 49.6 Å². The number of thioether (sulfide) groups is 1. The Balaban J connectivity index is 1.68. The lowest BCUT2D eigenvalue weighted by Crippen LogP contribution is -2.25. The fourth-order valence-corrected chi connectivity index (χ4v) is 4.61. The number of carbonyl (C=O) groups is 1. The minimum Gasteiger partial charge on any atom is -0.460 e. The van der Waals surface area contributed by atoms with Crippen LogP contribution in [0.15, 0.2) is 53.4 Å². The number of esters is 1. The van der Waals surface area contributed by atoms with Gasteiger partial charge in [0.1, 0.15) is 5.60 Å². The summed E-state index contributed by atoms with van der Waals surface area (Å²) >= 11 is 1.46. The van der Waals surface area contributed by atoms with Gasteiger partial charge in [-0.2, -0.15) is 13.2 Å². The molecule has 0 saturated carbocycles. The molecule has 0 amide bonds. The van der Waals surface area contributed by atoms with Gasteiger partial charge in [0, 0.05) is 4.90 Å². The van der Waals surface area contributed by atoms with Crippen LogP contribution in [0.5, 0.6) is 0 Å². The molecule has 0 bridgehead atoms. The van der Waals surface area contributed by atoms with Crippen molar-refractivity contribution in [3.63, 3.8) is 0 Å². The number of carbonyl (C=O) groups excluding carboxylic acids is 1. The molecule has 1 N–H and O–H groups in total. The molecule has 34 heavy (non-hydrogen) atoms. The highest BCUT2D eigenvalue weighted by Gasteiger charge is 2.30. The van der Waals surface area contributed by atoms with Crippen LogP contribution in [0, 0.1) is 0 Å². The lowest BCUT2D eigenvalue weighted by molar-refractivity contribution is -0.157. The summed E-state index contributed by atoms with van der Waals surface area (Å²) in [5, 5.41) is 10.6. The van der Waals surface area contributed by atoms with E-state index in [9.17, 15) is 23.1 Å². The zero-order valence-corrected chi connectivity index (χ0v) is 21.0. The Morgan fingerprint density at radius 2 is 1.65 bits per heavy atom. The summed E-state index contributed by atoms with van der Waals surface area (Å²) in [7, 11) is 0. The van der Waals surface area contributed by atoms with E-state index in [4.69, 9.17) is 4.74 Å². The van der Waals surface area contributed by atoms with Gasteiger partial charge in [0.25, 0.3) is 0 Å². The summed E-state index contributed by atoms with van der Waals surface area (Å²) < 4.78 is 43.7. The second-order valence-electron chi connectivity index (χ2n) is 9.40. The molecule has 0 aliphatic heterocycles. The number of benzene rings is 2. The molecule has 0 aromatic heterocycles. The first kappa shape index (κ1) is 28.2. The summed E-state index contributed by atoms with van der Waals surface area (Å²) in [6.45, 7) is 5.40. The molecule has 0 spiro atoms. The maximum Gasteiger partial charge on any atom is 0.416 e. The van der Waals surface area contributed by atoms with E-state index in [1.54, 1.807) is 26.8 Å². The van der Waals surface area contributed by atoms with E-state index >= 15 is 0 Å². The largest absolute Gasteiger partial charge is 0.460 e. The van der Waals surface area contributed by atoms with Crippen molar-refractivity contribution in [3.8, 4) is 0 Å². The Labute approximate surface area is 205 Å². The van der Waals surface area contributed by atoms with Crippen molar-refractivity contribution in [1.29, 1.82) is 0 Å². The number of aryl methyl sites for hydroxylation is 1. The molecule has 0 saturated heterocycles. The van der Waals surface area contributed by atoms with E-state index < -0.39 is 29.4 Å². The number of alkyl halides is 3. The molecule has 1 unspecified atom stereocenters. The lowest BCUT2D eigenvalue weighted by atomic mass is 9.96. The molecule has 2 aromatic rings. The van der Waals surface area contributed by atoms with Crippen LogP contribution in [0.4, 0.5) is 13.2 Å². The highest BCUT2D eigenvalue weighted by atomic mass is 32.2. The Morgan fingerprint density at radius 1 is 0.971 bits per heavy atom. The molecule has 0 fully saturated rings. The Bertz CT molecular complexity index is 906. The fraction of sp³-hybridized carbons (Fsp3) is 0.519. The maximum absolute atomic E-state index is 12.8. The van der Waals surface area contributed by atoms with Crippen molar-refractivity contribution >= 4 is 17.7 Å². The van der Waals surface area contributed by atoms with Gasteiger partial charge < -0.3 is 9.84 Å². The normalized spacial score (nSPS) is 13.0. The number of hydrogen-bond donors (Lipinski definition) is 1. The minimum absolute atomic E-state index is 0.0716. The van der Waals surface area contributed by atoms with Crippen LogP contribution in [0.3, 0.4) is 0 Å². The maximum atomic E-state index is 12.8. The smallest absolute Gasteiger partial charge is 0.416 e. The van der Waals surface area contributed by atoms with Crippen LogP contribution in [0.2, 0.25) is 0 Å². The Morgan fingerprint density at radius 3 is 2.35 bits per heavy atom. The van der Waals surface area contributed by atoms with E-state index in [-0.39, 0.29) is 6.42 Å². The average molecular weight is 497 g/mol. The predicted molar refractivity (Wildman–Crippen MR) is 131 cm³/mol. The molecule has 7 heteroatoms. The van der Waals surface area contributed by atoms with Crippen molar-refractivity contribution in [3.05, 3.63) is 65.2 Å². The zero-order chi connectivity index (χ0) is 25.2. The summed E-state index contributed by atoms with van der Waals surface area (Å²) in [6.07, 6.45) is 0.576. The molecular formula is C27H35F3O3S. The van der Waals surface area contributed by atoms with E-state index in [1.165, 1.54) is 23.9 Å². The second-order valence-corrected chi connectivity index (χ2v) is 10.6. The van der Waals surface area contributed by atoms with Crippen LogP contribution in [0.1, 0.15) is 82.1 Å². The van der Waals surface area contributed by atoms with Gasteiger partial charge in [-0.05, 0) is 75.1 Å². The van der Waals surface area contributed by atoms with Crippen LogP contribution < -0.4 is 0 Å². The molecule has 188 valence electrons. The van der Waals surface area contributed by atoms with Crippen molar-refractivity contribution < 1.29 is 27.8 Å². The highest BCUT2D eigenvalue weighted by Crippen LogP contribution is 2.32. The predicted octanol–water partition coefficient (Wildman–Crippen LogP) is 7.76. The number of ether oxygens (including phenoxy) is 1. The van der Waals surface area contributed by atoms with Gasteiger partial charge in [-0.3, -0.25) is 4.79 Å². The van der Waals surface area contributed by atoms with Crippen LogP contribution in [-0.2, 0) is 22.1 Å². The van der Waals surface area contributed by atoms with E-state index in [0.29, 0.717) is 4.90 Å². The van der Waals surface area contributed by atoms with Gasteiger partial charge in [-0.15, -0.1) is 11.8 Å². The van der Waals surface area contributed by atoms with E-state index in [1.807, 2.05) is 24.3 Å². The minimum atomic E-state index is -4.30. The SMILES string of the molecule is CC(C)(C)OC(=O)CC(O)c1ccccc1CCCCCCCSc1cccc(C(F)(F)F)c1. The summed E-state index contributed by atoms with van der Waals surface area (Å²) in [5.41, 5.74) is 0.626. The number of unbranched alkanes of at least 4 members (excludes halogenated alkanes) is 4. The highest BCUT2D eigenvalue weighted by molar-refractivity contribution is 7.99. The summed E-state index contributed by atoms with van der Waals surface area (Å²) in [4.78, 5) is 12.7. The van der Waals surface area contributed by atoms with Crippen LogP contribution >= 0.6 is 11.8 Å². The standard InChI is InChI=1S/C27H35F3O3S/c1-26(2,3)33-25(32)19-24(31)23-16-9-8-13-20(23)12-7-5-4-6-10-17-34-22-15-11-14-21(18-22)27(28,29)30/h8-9,11,13-16,18,24,31H,4-7,10,12,17,19H2,1-3H3. The van der Waals surface area contributed by atoms with Crippen molar-refractivity contribution in [2.24, 2.45) is 0 Å². The summed E-state index contributed by atoms with van der Waals surface area (Å²) in [5.74, 6) is 0.374. The van der Waals surface area contributed by atoms with Gasteiger partial charge >= 0.3 is 12.1 Å². The molecule has 2 rings (SSSR count). The number of aliphatic hydroxyl groups excluding tert-OH is 1. The average Bonchev–Trinajstić information content (AvgIpc) is 2.74. The molecule has 0 heterocycles. The van der Waals surface area contributed by atoms with Gasteiger partial charge in [-0.25, -0.2) is 0 Å². The van der Waals surface area contributed by atoms with E-state index in [2.05, 4.69) is 0 Å². The summed E-state index contributed by atoms with van der Waals surface area (Å²) in [6, 6.07) is 13.1. The van der Waals surface area contributed by atoms with Gasteiger partial charge in [0.15, 0.2) is 0 Å². The monoisotopic (exact) mass is 496 g/mol. The van der Waals surface area contributed by atoms with Crippen LogP contribution in [-0.4, -0.2) is 22.4 Å². The zero-order valence-electron chi connectivity index (χ0n) is 20.2. The molecule has 0 radical (unpaired) electrons. The quantitative estimate of drug-likeness (QED) is 0.185. The topological polar surface area (TPSA) is 46.5 Å². The first-order valence-corrected chi connectivity index (χ1v) is 12.7. The van der Waals surface area contributed by atoms with E-state index in [0.717, 1.165) is 61.5 Å². The third kappa shape index (κ3) is 10.5. The van der Waals surface area contributed by atoms with Gasteiger partial charge in [0.2, 0.25) is 0 Å².